The van der Waals surface area contributed by atoms with Gasteiger partial charge < -0.3 is 5.73 Å². The van der Waals surface area contributed by atoms with Gasteiger partial charge in [0.05, 0.1) is 0 Å². The molecule has 15 heavy (non-hydrogen) atoms. The van der Waals surface area contributed by atoms with Crippen LogP contribution in [0, 0.1) is 6.92 Å². The fourth-order valence-electron chi connectivity index (χ4n) is 2.25. The van der Waals surface area contributed by atoms with Crippen molar-refractivity contribution in [2.45, 2.75) is 39.3 Å². The number of likely N-dealkylation sites (tertiary alicyclic amines) is 1. The third-order valence-electron chi connectivity index (χ3n) is 3.42. The second-order valence-electron chi connectivity index (χ2n) is 4.65. The maximum absolute atomic E-state index is 5.91. The molecule has 2 nitrogen and oxygen atoms in total. The van der Waals surface area contributed by atoms with Crippen molar-refractivity contribution in [2.75, 3.05) is 12.3 Å². The highest BCUT2D eigenvalue weighted by molar-refractivity contribution is 5.48. The van der Waals surface area contributed by atoms with Crippen LogP contribution in [0.3, 0.4) is 0 Å². The highest BCUT2D eigenvalue weighted by Crippen LogP contribution is 2.21. The largest absolute Gasteiger partial charge is 0.399 e. The summed E-state index contributed by atoms with van der Waals surface area (Å²) >= 11 is 0. The molecule has 1 heterocycles. The lowest BCUT2D eigenvalue weighted by molar-refractivity contribution is 0.260. The first kappa shape index (κ1) is 10.5. The number of hydrogen-bond acceptors (Lipinski definition) is 2. The van der Waals surface area contributed by atoms with Gasteiger partial charge in [0.15, 0.2) is 0 Å². The number of nitrogens with two attached hydrogens (primary N) is 1. The lowest BCUT2D eigenvalue weighted by Gasteiger charge is -2.21. The van der Waals surface area contributed by atoms with Gasteiger partial charge >= 0.3 is 0 Å². The van der Waals surface area contributed by atoms with E-state index in [1.54, 1.807) is 0 Å². The van der Waals surface area contributed by atoms with Crippen molar-refractivity contribution in [1.82, 2.24) is 4.90 Å². The van der Waals surface area contributed by atoms with Crippen LogP contribution in [0.4, 0.5) is 5.69 Å². The summed E-state index contributed by atoms with van der Waals surface area (Å²) in [7, 11) is 0. The van der Waals surface area contributed by atoms with Crippen molar-refractivity contribution >= 4 is 5.69 Å². The van der Waals surface area contributed by atoms with E-state index in [-0.39, 0.29) is 0 Å². The Labute approximate surface area is 92.1 Å². The fourth-order valence-corrected chi connectivity index (χ4v) is 2.25. The summed E-state index contributed by atoms with van der Waals surface area (Å²) in [6.07, 6.45) is 2.67. The van der Waals surface area contributed by atoms with E-state index in [2.05, 4.69) is 36.9 Å². The van der Waals surface area contributed by atoms with E-state index in [1.165, 1.54) is 30.5 Å². The summed E-state index contributed by atoms with van der Waals surface area (Å²) < 4.78 is 0. The number of anilines is 1. The molecule has 2 N–H and O–H groups in total. The van der Waals surface area contributed by atoms with Crippen LogP contribution < -0.4 is 5.73 Å². The van der Waals surface area contributed by atoms with Crippen LogP contribution >= 0.6 is 0 Å². The molecule has 1 aromatic carbocycles. The number of benzene rings is 1. The van der Waals surface area contributed by atoms with Gasteiger partial charge in [-0.2, -0.15) is 0 Å². The zero-order chi connectivity index (χ0) is 10.8. The highest BCUT2D eigenvalue weighted by Gasteiger charge is 2.19. The molecule has 0 spiro atoms. The van der Waals surface area contributed by atoms with Gasteiger partial charge in [-0.3, -0.25) is 4.90 Å². The average molecular weight is 204 g/mol. The summed E-state index contributed by atoms with van der Waals surface area (Å²) in [5, 5.41) is 0. The van der Waals surface area contributed by atoms with Gasteiger partial charge in [-0.25, -0.2) is 0 Å². The maximum Gasteiger partial charge on any atom is 0.0346 e. The highest BCUT2D eigenvalue weighted by atomic mass is 15.2. The van der Waals surface area contributed by atoms with E-state index in [9.17, 15) is 0 Å². The lowest BCUT2D eigenvalue weighted by atomic mass is 10.1. The molecular weight excluding hydrogens is 184 g/mol. The van der Waals surface area contributed by atoms with Crippen molar-refractivity contribution in [3.8, 4) is 0 Å². The molecule has 0 radical (unpaired) electrons. The van der Waals surface area contributed by atoms with Crippen LogP contribution in [-0.4, -0.2) is 17.5 Å². The van der Waals surface area contributed by atoms with Gasteiger partial charge in [0.25, 0.3) is 0 Å². The van der Waals surface area contributed by atoms with Crippen molar-refractivity contribution < 1.29 is 0 Å². The molecule has 0 aromatic heterocycles. The summed E-state index contributed by atoms with van der Waals surface area (Å²) in [5.41, 5.74) is 9.34. The van der Waals surface area contributed by atoms with E-state index in [1.807, 2.05) is 0 Å². The SMILES string of the molecule is Cc1ccc(CN2CCCC2C)cc1N. The predicted molar refractivity (Wildman–Crippen MR) is 64.7 cm³/mol. The van der Waals surface area contributed by atoms with Gasteiger partial charge in [0.1, 0.15) is 0 Å². The molecule has 1 unspecified atom stereocenters. The zero-order valence-electron chi connectivity index (χ0n) is 9.66. The Bertz CT molecular complexity index is 346. The number of aryl methyl sites for hydroxylation is 1. The van der Waals surface area contributed by atoms with Crippen molar-refractivity contribution in [3.05, 3.63) is 29.3 Å². The second-order valence-corrected chi connectivity index (χ2v) is 4.65. The van der Waals surface area contributed by atoms with Gasteiger partial charge in [0.2, 0.25) is 0 Å². The normalized spacial score (nSPS) is 22.1. The number of nitrogens with zero attached hydrogens (tertiary/aromatic N) is 1. The van der Waals surface area contributed by atoms with Crippen LogP contribution in [0.1, 0.15) is 30.9 Å². The minimum absolute atomic E-state index is 0.729. The Morgan fingerprint density at radius 1 is 1.47 bits per heavy atom. The quantitative estimate of drug-likeness (QED) is 0.750. The number of nitrogen functional groups attached to an aromatic ring is 1. The minimum Gasteiger partial charge on any atom is -0.399 e. The summed E-state index contributed by atoms with van der Waals surface area (Å²) in [6, 6.07) is 7.15. The van der Waals surface area contributed by atoms with Gasteiger partial charge in [-0.05, 0) is 50.4 Å². The standard InChI is InChI=1S/C13H20N2/c1-10-5-6-12(8-13(10)14)9-15-7-3-4-11(15)2/h5-6,8,11H,3-4,7,9,14H2,1-2H3. The summed E-state index contributed by atoms with van der Waals surface area (Å²) in [4.78, 5) is 2.53. The molecule has 1 atom stereocenters. The first-order valence-corrected chi connectivity index (χ1v) is 5.76. The monoisotopic (exact) mass is 204 g/mol. The summed E-state index contributed by atoms with van der Waals surface area (Å²) in [5.74, 6) is 0. The Hall–Kier alpha value is -1.02. The molecule has 1 saturated heterocycles. The maximum atomic E-state index is 5.91. The Morgan fingerprint density at radius 2 is 2.27 bits per heavy atom. The van der Waals surface area contributed by atoms with Crippen molar-refractivity contribution in [1.29, 1.82) is 0 Å². The molecule has 1 aromatic rings. The third-order valence-corrected chi connectivity index (χ3v) is 3.42. The van der Waals surface area contributed by atoms with Gasteiger partial charge in [-0.15, -0.1) is 0 Å². The molecule has 2 heteroatoms. The number of rotatable bonds is 2. The van der Waals surface area contributed by atoms with Gasteiger partial charge in [-0.1, -0.05) is 12.1 Å². The Balaban J connectivity index is 2.07. The van der Waals surface area contributed by atoms with Crippen LogP contribution in [0.2, 0.25) is 0 Å². The predicted octanol–water partition coefficient (Wildman–Crippen LogP) is 2.56. The summed E-state index contributed by atoms with van der Waals surface area (Å²) in [6.45, 7) is 6.64. The van der Waals surface area contributed by atoms with Crippen LogP contribution in [0.15, 0.2) is 18.2 Å². The van der Waals surface area contributed by atoms with Crippen molar-refractivity contribution in [2.24, 2.45) is 0 Å². The number of hydrogen-bond donors (Lipinski definition) is 1. The molecule has 0 saturated carbocycles. The van der Waals surface area contributed by atoms with Crippen LogP contribution in [0.25, 0.3) is 0 Å². The molecule has 0 amide bonds. The first-order valence-electron chi connectivity index (χ1n) is 5.76. The minimum atomic E-state index is 0.729. The molecule has 0 aliphatic carbocycles. The molecule has 82 valence electrons. The van der Waals surface area contributed by atoms with E-state index in [0.717, 1.165) is 18.3 Å². The Morgan fingerprint density at radius 3 is 2.87 bits per heavy atom. The smallest absolute Gasteiger partial charge is 0.0346 e. The molecular formula is C13H20N2. The van der Waals surface area contributed by atoms with Crippen LogP contribution in [0.5, 0.6) is 0 Å². The molecule has 1 aliphatic heterocycles. The topological polar surface area (TPSA) is 29.3 Å². The average Bonchev–Trinajstić information content (AvgIpc) is 2.59. The van der Waals surface area contributed by atoms with E-state index >= 15 is 0 Å². The molecule has 0 bridgehead atoms. The fraction of sp³-hybridized carbons (Fsp3) is 0.538. The third kappa shape index (κ3) is 2.32. The van der Waals surface area contributed by atoms with Crippen LogP contribution in [-0.2, 0) is 6.54 Å². The second kappa shape index (κ2) is 4.23. The molecule has 1 aliphatic rings. The van der Waals surface area contributed by atoms with Gasteiger partial charge in [0, 0.05) is 18.3 Å². The Kier molecular flexibility index (Phi) is 2.96. The molecule has 1 fully saturated rings. The molecule has 2 rings (SSSR count). The first-order chi connectivity index (χ1) is 7.16. The van der Waals surface area contributed by atoms with E-state index in [0.29, 0.717) is 0 Å². The lowest BCUT2D eigenvalue weighted by Crippen LogP contribution is -2.26. The van der Waals surface area contributed by atoms with E-state index < -0.39 is 0 Å². The van der Waals surface area contributed by atoms with Crippen molar-refractivity contribution in [3.63, 3.8) is 0 Å². The van der Waals surface area contributed by atoms with E-state index in [4.69, 9.17) is 5.73 Å². The zero-order valence-corrected chi connectivity index (χ0v) is 9.66.